The van der Waals surface area contributed by atoms with E-state index in [0.29, 0.717) is 30.1 Å². The van der Waals surface area contributed by atoms with Gasteiger partial charge in [0.1, 0.15) is 5.76 Å². The van der Waals surface area contributed by atoms with Crippen molar-refractivity contribution in [1.29, 1.82) is 0 Å². The zero-order valence-corrected chi connectivity index (χ0v) is 15.7. The Balaban J connectivity index is 2.18. The molecule has 7 nitrogen and oxygen atoms in total. The van der Waals surface area contributed by atoms with Crippen molar-refractivity contribution in [1.82, 2.24) is 14.4 Å². The zero-order chi connectivity index (χ0) is 18.6. The van der Waals surface area contributed by atoms with Crippen molar-refractivity contribution < 1.29 is 17.7 Å². The van der Waals surface area contributed by atoms with Crippen molar-refractivity contribution in [2.75, 3.05) is 20.1 Å². The molecule has 8 heteroatoms. The van der Waals surface area contributed by atoms with E-state index in [4.69, 9.17) is 4.52 Å². The van der Waals surface area contributed by atoms with Crippen molar-refractivity contribution in [2.24, 2.45) is 0 Å². The van der Waals surface area contributed by atoms with Gasteiger partial charge in [0.15, 0.2) is 0 Å². The van der Waals surface area contributed by atoms with Gasteiger partial charge in [-0.05, 0) is 45.0 Å². The Bertz CT molecular complexity index is 824. The van der Waals surface area contributed by atoms with Crippen LogP contribution in [0.15, 0.2) is 39.8 Å². The van der Waals surface area contributed by atoms with E-state index in [1.54, 1.807) is 30.0 Å². The summed E-state index contributed by atoms with van der Waals surface area (Å²) in [5, 5.41) is 3.81. The van der Waals surface area contributed by atoms with Crippen LogP contribution in [-0.4, -0.2) is 48.8 Å². The lowest BCUT2D eigenvalue weighted by Crippen LogP contribution is -2.30. The highest BCUT2D eigenvalue weighted by Gasteiger charge is 2.23. The Kier molecular flexibility index (Phi) is 5.97. The largest absolute Gasteiger partial charge is 0.361 e. The number of hydrogen-bond donors (Lipinski definition) is 0. The van der Waals surface area contributed by atoms with Gasteiger partial charge in [0.05, 0.1) is 17.1 Å². The van der Waals surface area contributed by atoms with Crippen molar-refractivity contribution in [3.63, 3.8) is 0 Å². The van der Waals surface area contributed by atoms with Gasteiger partial charge >= 0.3 is 0 Å². The molecule has 0 fully saturated rings. The van der Waals surface area contributed by atoms with Gasteiger partial charge in [0.2, 0.25) is 10.0 Å². The fraction of sp³-hybridized carbons (Fsp3) is 0.412. The van der Waals surface area contributed by atoms with Crippen LogP contribution in [0.5, 0.6) is 0 Å². The first kappa shape index (κ1) is 19.1. The molecule has 0 saturated heterocycles. The van der Waals surface area contributed by atoms with E-state index in [1.165, 1.54) is 23.5 Å². The summed E-state index contributed by atoms with van der Waals surface area (Å²) in [6, 6.07) is 7.69. The molecular formula is C17H23N3O4S. The van der Waals surface area contributed by atoms with Crippen molar-refractivity contribution in [3.05, 3.63) is 47.3 Å². The first-order valence-electron chi connectivity index (χ1n) is 8.07. The third-order valence-corrected chi connectivity index (χ3v) is 5.74. The summed E-state index contributed by atoms with van der Waals surface area (Å²) in [6.45, 7) is 6.88. The van der Waals surface area contributed by atoms with Crippen molar-refractivity contribution in [2.45, 2.75) is 32.2 Å². The molecule has 0 N–H and O–H groups in total. The molecule has 0 bridgehead atoms. The molecule has 2 rings (SSSR count). The molecule has 1 aromatic carbocycles. The number of aromatic nitrogens is 1. The van der Waals surface area contributed by atoms with Gasteiger partial charge in [0, 0.05) is 31.8 Å². The monoisotopic (exact) mass is 365 g/mol. The quantitative estimate of drug-likeness (QED) is 0.752. The third kappa shape index (κ3) is 4.26. The third-order valence-electron chi connectivity index (χ3n) is 3.92. The number of rotatable bonds is 7. The minimum absolute atomic E-state index is 0.111. The van der Waals surface area contributed by atoms with Crippen LogP contribution in [-0.2, 0) is 16.6 Å². The number of sulfonamides is 1. The first-order valence-corrected chi connectivity index (χ1v) is 9.51. The fourth-order valence-corrected chi connectivity index (χ4v) is 3.59. The minimum Gasteiger partial charge on any atom is -0.361 e. The molecule has 136 valence electrons. The van der Waals surface area contributed by atoms with Crippen LogP contribution in [0, 0.1) is 6.92 Å². The Morgan fingerprint density at radius 2 is 1.76 bits per heavy atom. The molecule has 0 aliphatic heterocycles. The molecule has 0 atom stereocenters. The average Bonchev–Trinajstić information content (AvgIpc) is 3.00. The predicted molar refractivity (Wildman–Crippen MR) is 93.6 cm³/mol. The molecule has 2 aromatic rings. The molecule has 1 amide bonds. The van der Waals surface area contributed by atoms with Gasteiger partial charge in [-0.1, -0.05) is 5.16 Å². The maximum Gasteiger partial charge on any atom is 0.253 e. The number of nitrogens with zero attached hydrogens (tertiary/aromatic N) is 3. The van der Waals surface area contributed by atoms with E-state index < -0.39 is 10.0 Å². The van der Waals surface area contributed by atoms with E-state index in [9.17, 15) is 13.2 Å². The van der Waals surface area contributed by atoms with E-state index in [1.807, 2.05) is 13.8 Å². The maximum absolute atomic E-state index is 12.6. The lowest BCUT2D eigenvalue weighted by molar-refractivity contribution is 0.0773. The van der Waals surface area contributed by atoms with Crippen LogP contribution in [0.3, 0.4) is 0 Å². The lowest BCUT2D eigenvalue weighted by atomic mass is 10.2. The summed E-state index contributed by atoms with van der Waals surface area (Å²) in [5.74, 6) is 0.514. The van der Waals surface area contributed by atoms with Crippen LogP contribution in [0.25, 0.3) is 0 Å². The Morgan fingerprint density at radius 1 is 1.16 bits per heavy atom. The van der Waals surface area contributed by atoms with Gasteiger partial charge in [-0.3, -0.25) is 4.79 Å². The first-order chi connectivity index (χ1) is 11.8. The summed E-state index contributed by atoms with van der Waals surface area (Å²) >= 11 is 0. The Hall–Kier alpha value is -2.19. The van der Waals surface area contributed by atoms with E-state index in [2.05, 4.69) is 5.16 Å². The molecule has 0 unspecified atom stereocenters. The summed E-state index contributed by atoms with van der Waals surface area (Å²) in [4.78, 5) is 14.1. The van der Waals surface area contributed by atoms with Gasteiger partial charge in [0.25, 0.3) is 5.91 Å². The zero-order valence-electron chi connectivity index (χ0n) is 14.9. The van der Waals surface area contributed by atoms with Gasteiger partial charge < -0.3 is 9.42 Å². The fourth-order valence-electron chi connectivity index (χ4n) is 2.45. The van der Waals surface area contributed by atoms with Gasteiger partial charge in [-0.25, -0.2) is 8.42 Å². The normalized spacial score (nSPS) is 11.7. The standard InChI is InChI=1S/C17H23N3O4S/c1-5-20(6-2)17(21)14-7-9-16(10-8-14)25(22,23)19(4)12-15-11-13(3)24-18-15/h7-11H,5-6,12H2,1-4H3. The van der Waals surface area contributed by atoms with Crippen LogP contribution in [0.4, 0.5) is 0 Å². The second-order valence-electron chi connectivity index (χ2n) is 5.69. The van der Waals surface area contributed by atoms with Crippen LogP contribution < -0.4 is 0 Å². The topological polar surface area (TPSA) is 83.7 Å². The molecule has 0 saturated carbocycles. The second-order valence-corrected chi connectivity index (χ2v) is 7.74. The highest BCUT2D eigenvalue weighted by atomic mass is 32.2. The molecule has 1 aromatic heterocycles. The Morgan fingerprint density at radius 3 is 2.24 bits per heavy atom. The summed E-state index contributed by atoms with van der Waals surface area (Å²) in [6.07, 6.45) is 0. The van der Waals surface area contributed by atoms with Crippen LogP contribution in [0.1, 0.15) is 35.7 Å². The number of benzene rings is 1. The Labute approximate surface area is 148 Å². The van der Waals surface area contributed by atoms with Crippen molar-refractivity contribution in [3.8, 4) is 0 Å². The van der Waals surface area contributed by atoms with Crippen LogP contribution in [0.2, 0.25) is 0 Å². The molecule has 0 aliphatic carbocycles. The maximum atomic E-state index is 12.6. The summed E-state index contributed by atoms with van der Waals surface area (Å²) < 4.78 is 31.4. The minimum atomic E-state index is -3.67. The average molecular weight is 365 g/mol. The van der Waals surface area contributed by atoms with E-state index in [0.717, 1.165) is 0 Å². The number of aryl methyl sites for hydroxylation is 1. The summed E-state index contributed by atoms with van der Waals surface area (Å²) in [7, 11) is -2.19. The smallest absolute Gasteiger partial charge is 0.253 e. The predicted octanol–water partition coefficient (Wildman–Crippen LogP) is 2.29. The molecule has 0 radical (unpaired) electrons. The number of carbonyl (C=O) groups is 1. The molecule has 25 heavy (non-hydrogen) atoms. The number of hydrogen-bond acceptors (Lipinski definition) is 5. The SMILES string of the molecule is CCN(CC)C(=O)c1ccc(S(=O)(=O)N(C)Cc2cc(C)on2)cc1. The number of amides is 1. The highest BCUT2D eigenvalue weighted by molar-refractivity contribution is 7.89. The second kappa shape index (κ2) is 7.79. The van der Waals surface area contributed by atoms with E-state index >= 15 is 0 Å². The van der Waals surface area contributed by atoms with Gasteiger partial charge in [-0.15, -0.1) is 0 Å². The van der Waals surface area contributed by atoms with Crippen molar-refractivity contribution >= 4 is 15.9 Å². The molecule has 0 aliphatic rings. The molecular weight excluding hydrogens is 342 g/mol. The lowest BCUT2D eigenvalue weighted by Gasteiger charge is -2.19. The van der Waals surface area contributed by atoms with Gasteiger partial charge in [-0.2, -0.15) is 4.31 Å². The van der Waals surface area contributed by atoms with Crippen LogP contribution >= 0.6 is 0 Å². The molecule has 1 heterocycles. The summed E-state index contributed by atoms with van der Waals surface area (Å²) in [5.41, 5.74) is 1.01. The number of carbonyl (C=O) groups excluding carboxylic acids is 1. The molecule has 0 spiro atoms. The highest BCUT2D eigenvalue weighted by Crippen LogP contribution is 2.18. The van der Waals surface area contributed by atoms with E-state index in [-0.39, 0.29) is 17.3 Å².